The number of hydrogen-bond donors (Lipinski definition) is 1. The highest BCUT2D eigenvalue weighted by Gasteiger charge is 2.13. The van der Waals surface area contributed by atoms with Crippen LogP contribution >= 0.6 is 11.3 Å². The average molecular weight is 301 g/mol. The van der Waals surface area contributed by atoms with Crippen LogP contribution in [0.3, 0.4) is 0 Å². The van der Waals surface area contributed by atoms with E-state index in [1.807, 2.05) is 0 Å². The second-order valence-electron chi connectivity index (χ2n) is 3.59. The zero-order valence-corrected chi connectivity index (χ0v) is 11.2. The molecule has 0 bridgehead atoms. The molecule has 1 amide bonds. The Kier molecular flexibility index (Phi) is 4.39. The highest BCUT2D eigenvalue weighted by atomic mass is 32.2. The zero-order valence-electron chi connectivity index (χ0n) is 9.56. The van der Waals surface area contributed by atoms with Crippen molar-refractivity contribution in [3.05, 3.63) is 47.3 Å². The zero-order chi connectivity index (χ0) is 13.8. The first-order valence-electron chi connectivity index (χ1n) is 5.23. The summed E-state index contributed by atoms with van der Waals surface area (Å²) in [5, 5.41) is 4.02. The summed E-state index contributed by atoms with van der Waals surface area (Å²) in [6.45, 7) is 0. The second-order valence-corrected chi connectivity index (χ2v) is 6.22. The third kappa shape index (κ3) is 3.68. The molecule has 1 N–H and O–H groups in total. The molecule has 1 atom stereocenters. The van der Waals surface area contributed by atoms with Gasteiger partial charge in [0.2, 0.25) is 5.91 Å². The summed E-state index contributed by atoms with van der Waals surface area (Å²) in [4.78, 5) is 11.6. The molecule has 0 aliphatic carbocycles. The van der Waals surface area contributed by atoms with Crippen molar-refractivity contribution in [3.8, 4) is 0 Å². The van der Waals surface area contributed by atoms with Gasteiger partial charge in [0.25, 0.3) is 0 Å². The lowest BCUT2D eigenvalue weighted by molar-refractivity contribution is -0.113. The predicted octanol–water partition coefficient (Wildman–Crippen LogP) is 2.77. The smallest absolute Gasteiger partial charge is 0.237 e. The van der Waals surface area contributed by atoms with Crippen molar-refractivity contribution in [1.82, 2.24) is 0 Å². The van der Waals surface area contributed by atoms with Crippen molar-refractivity contribution >= 4 is 33.7 Å². The summed E-state index contributed by atoms with van der Waals surface area (Å²) in [5.41, 5.74) is -0.130. The lowest BCUT2D eigenvalue weighted by Gasteiger charge is -2.05. The number of amides is 1. The fraction of sp³-hybridized carbons (Fsp3) is 0.0833. The average Bonchev–Trinajstić information content (AvgIpc) is 2.86. The fourth-order valence-electron chi connectivity index (χ4n) is 1.36. The third-order valence-electron chi connectivity index (χ3n) is 2.19. The van der Waals surface area contributed by atoms with Crippen molar-refractivity contribution in [3.63, 3.8) is 0 Å². The number of thiophene rings is 1. The first kappa shape index (κ1) is 13.8. The number of carbonyl (C=O) groups is 1. The third-order valence-corrected chi connectivity index (χ3v) is 4.80. The Morgan fingerprint density at radius 2 is 2.11 bits per heavy atom. The summed E-state index contributed by atoms with van der Waals surface area (Å²) in [6.07, 6.45) is 0. The van der Waals surface area contributed by atoms with E-state index in [-0.39, 0.29) is 11.4 Å². The summed E-state index contributed by atoms with van der Waals surface area (Å²) in [7, 11) is -1.46. The van der Waals surface area contributed by atoms with E-state index < -0.39 is 28.3 Å². The number of anilines is 1. The van der Waals surface area contributed by atoms with E-state index in [4.69, 9.17) is 0 Å². The lowest BCUT2D eigenvalue weighted by atomic mass is 10.3. The highest BCUT2D eigenvalue weighted by molar-refractivity contribution is 7.88. The Labute approximate surface area is 114 Å². The summed E-state index contributed by atoms with van der Waals surface area (Å²) >= 11 is 1.28. The normalized spacial score (nSPS) is 12.1. The molecule has 1 aromatic heterocycles. The number of halogens is 2. The molecule has 0 aliphatic heterocycles. The van der Waals surface area contributed by atoms with Gasteiger partial charge in [-0.2, -0.15) is 0 Å². The van der Waals surface area contributed by atoms with Crippen molar-refractivity contribution in [2.75, 3.05) is 11.1 Å². The van der Waals surface area contributed by atoms with Crippen LogP contribution in [0.2, 0.25) is 0 Å². The Morgan fingerprint density at radius 3 is 2.74 bits per heavy atom. The molecule has 0 saturated carbocycles. The molecule has 0 fully saturated rings. The van der Waals surface area contributed by atoms with Gasteiger partial charge in [-0.25, -0.2) is 8.78 Å². The molecular weight excluding hydrogens is 292 g/mol. The van der Waals surface area contributed by atoms with Crippen LogP contribution in [0.1, 0.15) is 0 Å². The van der Waals surface area contributed by atoms with Crippen molar-refractivity contribution in [2.24, 2.45) is 0 Å². The lowest BCUT2D eigenvalue weighted by Crippen LogP contribution is -2.19. The maximum atomic E-state index is 13.3. The number of hydrogen-bond acceptors (Lipinski definition) is 3. The van der Waals surface area contributed by atoms with Gasteiger partial charge in [0.05, 0.1) is 20.7 Å². The van der Waals surface area contributed by atoms with Gasteiger partial charge in [-0.3, -0.25) is 9.00 Å². The summed E-state index contributed by atoms with van der Waals surface area (Å²) < 4.78 is 38.3. The van der Waals surface area contributed by atoms with Gasteiger partial charge in [-0.05, 0) is 23.6 Å². The Bertz CT molecular complexity index is 614. The molecule has 0 saturated heterocycles. The number of nitrogens with one attached hydrogen (secondary N) is 1. The molecular formula is C12H9F2NO2S2. The molecule has 2 aromatic rings. The summed E-state index contributed by atoms with van der Waals surface area (Å²) in [5.74, 6) is -2.44. The maximum absolute atomic E-state index is 13.3. The fourth-order valence-corrected chi connectivity index (χ4v) is 3.26. The first-order valence-corrected chi connectivity index (χ1v) is 7.43. The van der Waals surface area contributed by atoms with Crippen molar-refractivity contribution in [1.29, 1.82) is 0 Å². The van der Waals surface area contributed by atoms with E-state index in [2.05, 4.69) is 5.32 Å². The van der Waals surface area contributed by atoms with Crippen LogP contribution in [-0.4, -0.2) is 15.9 Å². The SMILES string of the molecule is O=C(C[S@@](=O)c1cccs1)Nc1ccc(F)cc1F. The van der Waals surface area contributed by atoms with Crippen LogP contribution in [0.15, 0.2) is 39.9 Å². The predicted molar refractivity (Wildman–Crippen MR) is 70.6 cm³/mol. The van der Waals surface area contributed by atoms with Gasteiger partial charge < -0.3 is 5.32 Å². The highest BCUT2D eigenvalue weighted by Crippen LogP contribution is 2.16. The van der Waals surface area contributed by atoms with E-state index in [0.717, 1.165) is 12.1 Å². The maximum Gasteiger partial charge on any atom is 0.237 e. The topological polar surface area (TPSA) is 46.2 Å². The minimum atomic E-state index is -1.46. The van der Waals surface area contributed by atoms with Gasteiger partial charge >= 0.3 is 0 Å². The quantitative estimate of drug-likeness (QED) is 0.944. The second kappa shape index (κ2) is 6.03. The number of carbonyl (C=O) groups excluding carboxylic acids is 1. The number of benzene rings is 1. The number of rotatable bonds is 4. The molecule has 3 nitrogen and oxygen atoms in total. The van der Waals surface area contributed by atoms with Crippen LogP contribution in [0.25, 0.3) is 0 Å². The van der Waals surface area contributed by atoms with Gasteiger partial charge in [0, 0.05) is 6.07 Å². The summed E-state index contributed by atoms with van der Waals surface area (Å²) in [6, 6.07) is 6.22. The standard InChI is InChI=1S/C12H9F2NO2S2/c13-8-3-4-10(9(14)6-8)15-11(16)7-19(17)12-2-1-5-18-12/h1-6H,7H2,(H,15,16)/t19-/m1/s1. The molecule has 7 heteroatoms. The molecule has 1 heterocycles. The molecule has 0 spiro atoms. The van der Waals surface area contributed by atoms with Crippen molar-refractivity contribution in [2.45, 2.75) is 4.21 Å². The Morgan fingerprint density at radius 1 is 1.32 bits per heavy atom. The Hall–Kier alpha value is -1.60. The van der Waals surface area contributed by atoms with Crippen LogP contribution in [-0.2, 0) is 15.6 Å². The van der Waals surface area contributed by atoms with Crippen molar-refractivity contribution < 1.29 is 17.8 Å². The minimum Gasteiger partial charge on any atom is -0.323 e. The van der Waals surface area contributed by atoms with E-state index in [1.54, 1.807) is 17.5 Å². The van der Waals surface area contributed by atoms with Gasteiger partial charge in [0.1, 0.15) is 17.4 Å². The molecule has 100 valence electrons. The van der Waals surface area contributed by atoms with Crippen LogP contribution in [0.5, 0.6) is 0 Å². The molecule has 0 radical (unpaired) electrons. The van der Waals surface area contributed by atoms with Crippen LogP contribution in [0.4, 0.5) is 14.5 Å². The molecule has 0 aliphatic rings. The molecule has 0 unspecified atom stereocenters. The minimum absolute atomic E-state index is 0.130. The van der Waals surface area contributed by atoms with E-state index in [1.165, 1.54) is 11.3 Å². The first-order chi connectivity index (χ1) is 9.06. The largest absolute Gasteiger partial charge is 0.323 e. The van der Waals surface area contributed by atoms with E-state index in [0.29, 0.717) is 10.3 Å². The molecule has 19 heavy (non-hydrogen) atoms. The van der Waals surface area contributed by atoms with E-state index in [9.17, 15) is 17.8 Å². The van der Waals surface area contributed by atoms with Crippen LogP contribution < -0.4 is 5.32 Å². The Balaban J connectivity index is 2.00. The van der Waals surface area contributed by atoms with Gasteiger partial charge in [-0.1, -0.05) is 6.07 Å². The van der Waals surface area contributed by atoms with Crippen LogP contribution in [0, 0.1) is 11.6 Å². The van der Waals surface area contributed by atoms with Gasteiger partial charge in [-0.15, -0.1) is 11.3 Å². The monoisotopic (exact) mass is 301 g/mol. The molecule has 1 aromatic carbocycles. The van der Waals surface area contributed by atoms with Gasteiger partial charge in [0.15, 0.2) is 0 Å². The van der Waals surface area contributed by atoms with E-state index >= 15 is 0 Å². The molecule has 2 rings (SSSR count).